The van der Waals surface area contributed by atoms with Crippen molar-refractivity contribution in [2.45, 2.75) is 50.6 Å². The number of benzene rings is 2. The third-order valence-electron chi connectivity index (χ3n) is 8.13. The van der Waals surface area contributed by atoms with Gasteiger partial charge in [0.2, 0.25) is 0 Å². The third kappa shape index (κ3) is 25.0. The van der Waals surface area contributed by atoms with Crippen LogP contribution in [0.25, 0.3) is 16.1 Å². The predicted octanol–water partition coefficient (Wildman–Crippen LogP) is 9.95. The summed E-state index contributed by atoms with van der Waals surface area (Å²) in [6, 6.07) is 26.3. The first kappa shape index (κ1) is 70.5. The molecule has 7 rings (SSSR count). The van der Waals surface area contributed by atoms with Crippen molar-refractivity contribution in [1.29, 1.82) is 0 Å². The third-order valence-corrected chi connectivity index (χ3v) is 9.88. The first-order valence-corrected chi connectivity index (χ1v) is 23.5. The summed E-state index contributed by atoms with van der Waals surface area (Å²) in [5.41, 5.74) is -4.01. The maximum Gasteiger partial charge on any atom is 0.522 e. The number of imidazole rings is 1. The summed E-state index contributed by atoms with van der Waals surface area (Å²) < 4.78 is 185. The molecule has 0 atom stereocenters. The van der Waals surface area contributed by atoms with Gasteiger partial charge in [-0.05, 0) is 80.1 Å². The largest absolute Gasteiger partial charge is 0.522 e. The van der Waals surface area contributed by atoms with Gasteiger partial charge in [-0.15, -0.1) is 0 Å². The van der Waals surface area contributed by atoms with Gasteiger partial charge in [0.15, 0.2) is 12.0 Å². The number of aliphatic imine (C=N–C) groups is 2. The molecule has 2 aromatic carbocycles. The van der Waals surface area contributed by atoms with Crippen LogP contribution in [-0.2, 0) is 61.0 Å². The standard InChI is InChI=1S/C19H18N4O.C8H7NO.C6H7NO.C5H6N2.3CHF3O3S.CH4.Sc/c1-13-16(10-11-20-13)18-19(23-12-4-3-5-17(23)22-18)21-14-6-8-15(24-2)9-7-14;1-9-7-3-5-8(10-2)6-4-7;1-5-2-3-7-6(5)4-8;6-5-3-1-2-4-7-5;3*2-1(3,4)8(5,6)7;;/h3-9,11-12,21H,10H2,1-2H3;3-6H,2H3;3-4H,2H2,1H3;1-4H,(H2,6,7);3*(H,5,6,7);1H4;. The van der Waals surface area contributed by atoms with E-state index in [1.165, 1.54) is 0 Å². The van der Waals surface area contributed by atoms with Crippen LogP contribution in [0, 0.1) is 6.57 Å². The number of hydrogen-bond acceptors (Lipinski definition) is 15. The van der Waals surface area contributed by atoms with E-state index in [0.29, 0.717) is 17.2 Å². The number of allylic oxidation sites excluding steroid dienone is 4. The van der Waals surface area contributed by atoms with Gasteiger partial charge in [0.25, 0.3) is 0 Å². The van der Waals surface area contributed by atoms with Crippen LogP contribution < -0.4 is 20.5 Å². The van der Waals surface area contributed by atoms with Gasteiger partial charge in [0.05, 0.1) is 20.8 Å². The number of aromatic nitrogens is 3. The number of carbonyl (C=O) groups is 1. The fraction of sp³-hybridized carbons (Fsp3) is 0.238. The van der Waals surface area contributed by atoms with Gasteiger partial charge >= 0.3 is 46.9 Å². The van der Waals surface area contributed by atoms with Crippen LogP contribution in [0.2, 0.25) is 0 Å². The molecule has 2 aliphatic rings. The van der Waals surface area contributed by atoms with Crippen molar-refractivity contribution in [3.05, 3.63) is 131 Å². The van der Waals surface area contributed by atoms with E-state index in [1.54, 1.807) is 57.0 Å². The number of fused-ring (bicyclic) bond motifs is 1. The Morgan fingerprint density at radius 1 is 0.720 bits per heavy atom. The molecule has 0 unspecified atom stereocenters. The summed E-state index contributed by atoms with van der Waals surface area (Å²) in [4.78, 5) is 30.1. The Hall–Kier alpha value is -6.57. The van der Waals surface area contributed by atoms with Gasteiger partial charge in [-0.25, -0.2) is 14.8 Å². The number of nitrogens with one attached hydrogen (secondary N) is 1. The van der Waals surface area contributed by atoms with Crippen molar-refractivity contribution in [3.8, 4) is 11.5 Å². The first-order valence-electron chi connectivity index (χ1n) is 19.2. The first-order chi connectivity index (χ1) is 33.6. The van der Waals surface area contributed by atoms with Gasteiger partial charge in [0.1, 0.15) is 40.2 Å². The number of hydrogen-bond donors (Lipinski definition) is 5. The topological polar surface area (TPSA) is 296 Å². The molecular formula is C42H45F9N8O12S3Sc. The predicted molar refractivity (Wildman–Crippen MR) is 256 cm³/mol. The van der Waals surface area contributed by atoms with E-state index < -0.39 is 46.9 Å². The monoisotopic (exact) mass is 1170 g/mol. The molecule has 0 aliphatic carbocycles. The number of nitrogens with two attached hydrogens (primary N) is 1. The molecule has 0 bridgehead atoms. The molecule has 3 aromatic heterocycles. The van der Waals surface area contributed by atoms with Crippen molar-refractivity contribution in [2.24, 2.45) is 9.98 Å². The fourth-order valence-corrected chi connectivity index (χ4v) is 4.56. The number of ether oxygens (including phenoxy) is 2. The second-order valence-corrected chi connectivity index (χ2v) is 17.5. The normalized spacial score (nSPS) is 12.7. The van der Waals surface area contributed by atoms with Crippen molar-refractivity contribution in [1.82, 2.24) is 14.4 Å². The Morgan fingerprint density at radius 3 is 1.49 bits per heavy atom. The number of nitrogens with zero attached hydrogens (tertiary/aromatic N) is 6. The fourth-order valence-electron chi connectivity index (χ4n) is 4.56. The Morgan fingerprint density at radius 2 is 1.17 bits per heavy atom. The molecule has 1 radical (unpaired) electrons. The quantitative estimate of drug-likeness (QED) is 0.0347. The van der Waals surface area contributed by atoms with Gasteiger partial charge in [-0.1, -0.05) is 31.7 Å². The zero-order chi connectivity index (χ0) is 56.0. The van der Waals surface area contributed by atoms with Crippen molar-refractivity contribution in [3.63, 3.8) is 0 Å². The molecule has 409 valence electrons. The summed E-state index contributed by atoms with van der Waals surface area (Å²) in [5, 5.41) is 3.50. The number of rotatable bonds is 6. The number of carbonyl (C=O) groups excluding carboxylic acids is 1. The number of halogens is 9. The zero-order valence-electron chi connectivity index (χ0n) is 38.4. The minimum atomic E-state index is -5.84. The molecule has 0 amide bonds. The van der Waals surface area contributed by atoms with E-state index in [9.17, 15) is 44.3 Å². The molecule has 6 N–H and O–H groups in total. The van der Waals surface area contributed by atoms with E-state index in [4.69, 9.17) is 65.7 Å². The van der Waals surface area contributed by atoms with Gasteiger partial charge in [-0.3, -0.25) is 32.8 Å². The molecule has 0 saturated heterocycles. The molecule has 5 heterocycles. The minimum Gasteiger partial charge on any atom is -0.497 e. The Bertz CT molecular complexity index is 3020. The number of methoxy groups -OCH3 is 2. The van der Waals surface area contributed by atoms with Crippen LogP contribution in [0.1, 0.15) is 39.8 Å². The van der Waals surface area contributed by atoms with Crippen molar-refractivity contribution >= 4 is 83.3 Å². The summed E-state index contributed by atoms with van der Waals surface area (Å²) in [6.45, 7) is 10.6. The summed E-state index contributed by atoms with van der Waals surface area (Å²) in [6.07, 6.45) is 9.81. The Kier molecular flexibility index (Phi) is 29.5. The molecule has 0 spiro atoms. The molecule has 0 saturated carbocycles. The maximum atomic E-state index is 10.7. The van der Waals surface area contributed by atoms with E-state index >= 15 is 0 Å². The average Bonchev–Trinajstić information content (AvgIpc) is 4.03. The minimum absolute atomic E-state index is 0. The van der Waals surface area contributed by atoms with Gasteiger partial charge in [-0.2, -0.15) is 64.8 Å². The van der Waals surface area contributed by atoms with Crippen LogP contribution in [0.15, 0.2) is 124 Å². The average molecular weight is 1170 g/mol. The smallest absolute Gasteiger partial charge is 0.497 e. The maximum absolute atomic E-state index is 10.7. The Labute approximate surface area is 442 Å². The molecule has 0 fully saturated rings. The SMILES string of the molecule is C.CC1=C(C=O)N=CC1.COc1ccc(Nc2c(C3=C(C)N=CC3)nc3ccccn23)cc1.Nc1ccccn1.O=S(=O)(O)C(F)(F)F.O=S(=O)(O)C(F)(F)F.O=S(=O)(O)C(F)(F)F.[C-]#[N+]c1ccc(OC)cc1.[Sc]. The van der Waals surface area contributed by atoms with Crippen molar-refractivity contribution < 1.29 is 119 Å². The number of nitrogen functional groups attached to an aromatic ring is 1. The number of aldehydes is 1. The van der Waals surface area contributed by atoms with Gasteiger partial charge < -0.3 is 20.5 Å². The molecule has 75 heavy (non-hydrogen) atoms. The zero-order valence-corrected chi connectivity index (χ0v) is 42.6. The van der Waals surface area contributed by atoms with Crippen LogP contribution in [0.3, 0.4) is 0 Å². The second-order valence-electron chi connectivity index (χ2n) is 13.3. The molecule has 33 heteroatoms. The van der Waals surface area contributed by atoms with E-state index in [0.717, 1.165) is 70.3 Å². The summed E-state index contributed by atoms with van der Waals surface area (Å²) in [5.74, 6) is 3.15. The second kappa shape index (κ2) is 31.3. The molecule has 5 aromatic rings. The Balaban J connectivity index is 0. The molecule has 2 aliphatic heterocycles. The summed E-state index contributed by atoms with van der Waals surface area (Å²) >= 11 is 0. The van der Waals surface area contributed by atoms with Crippen molar-refractivity contribution in [2.75, 3.05) is 25.3 Å². The van der Waals surface area contributed by atoms with Crippen LogP contribution in [-0.4, -0.2) is 103 Å². The summed E-state index contributed by atoms with van der Waals surface area (Å²) in [7, 11) is -14.2. The van der Waals surface area contributed by atoms with E-state index in [2.05, 4.69) is 29.5 Å². The number of anilines is 3. The van der Waals surface area contributed by atoms with E-state index in [-0.39, 0.29) is 33.3 Å². The molecule has 20 nitrogen and oxygen atoms in total. The van der Waals surface area contributed by atoms with Crippen LogP contribution in [0.4, 0.5) is 62.5 Å². The molecular weight excluding hydrogens is 1120 g/mol. The van der Waals surface area contributed by atoms with Crippen LogP contribution in [0.5, 0.6) is 11.5 Å². The number of alkyl halides is 9. The van der Waals surface area contributed by atoms with Gasteiger partial charge in [0, 0.05) is 80.5 Å². The van der Waals surface area contributed by atoms with Crippen LogP contribution >= 0.6 is 0 Å². The van der Waals surface area contributed by atoms with E-state index in [1.807, 2.05) is 80.9 Å². The number of pyridine rings is 2.